The molecule has 4 nitrogen and oxygen atoms in total. The van der Waals surface area contributed by atoms with E-state index in [4.69, 9.17) is 11.6 Å². The number of rotatable bonds is 1. The molecule has 3 aromatic rings. The number of nitrogens with zero attached hydrogens (tertiary/aromatic N) is 3. The molecule has 0 aliphatic carbocycles. The zero-order chi connectivity index (χ0) is 10.3. The Labute approximate surface area is 94.0 Å². The van der Waals surface area contributed by atoms with E-state index in [9.17, 15) is 0 Å². The first-order chi connectivity index (χ1) is 7.34. The largest absolute Gasteiger partial charge is 0.333 e. The molecule has 74 valence electrons. The molecule has 0 saturated heterocycles. The minimum absolute atomic E-state index is 0.398. The highest BCUT2D eigenvalue weighted by Crippen LogP contribution is 2.25. The van der Waals surface area contributed by atoms with Crippen molar-refractivity contribution in [3.8, 4) is 10.7 Å². The highest BCUT2D eigenvalue weighted by atomic mass is 35.5. The Kier molecular flexibility index (Phi) is 1.93. The molecule has 0 unspecified atom stereocenters. The molecule has 0 aliphatic rings. The van der Waals surface area contributed by atoms with Crippen LogP contribution in [0.5, 0.6) is 0 Å². The zero-order valence-corrected chi connectivity index (χ0v) is 9.01. The van der Waals surface area contributed by atoms with Crippen LogP contribution in [0.4, 0.5) is 0 Å². The summed E-state index contributed by atoms with van der Waals surface area (Å²) in [5.74, 6) is 0.780. The molecule has 0 amide bonds. The van der Waals surface area contributed by atoms with E-state index in [0.29, 0.717) is 16.3 Å². The van der Waals surface area contributed by atoms with E-state index in [1.165, 1.54) is 6.33 Å². The van der Waals surface area contributed by atoms with E-state index in [-0.39, 0.29) is 0 Å². The van der Waals surface area contributed by atoms with Crippen molar-refractivity contribution in [2.24, 2.45) is 0 Å². The van der Waals surface area contributed by atoms with Crippen molar-refractivity contribution in [2.75, 3.05) is 0 Å². The Morgan fingerprint density at radius 1 is 1.33 bits per heavy atom. The average Bonchev–Trinajstić information content (AvgIpc) is 2.86. The number of hydrogen-bond acceptors (Lipinski definition) is 4. The summed E-state index contributed by atoms with van der Waals surface area (Å²) in [5, 5.41) is 2.39. The fourth-order valence-corrected chi connectivity index (χ4v) is 2.17. The molecule has 0 fully saturated rings. The summed E-state index contributed by atoms with van der Waals surface area (Å²) in [5.41, 5.74) is 1.28. The van der Waals surface area contributed by atoms with Crippen molar-refractivity contribution in [3.05, 3.63) is 29.0 Å². The molecule has 1 N–H and O–H groups in total. The Bertz CT molecular complexity index is 602. The first kappa shape index (κ1) is 8.82. The van der Waals surface area contributed by atoms with E-state index in [1.807, 2.05) is 17.5 Å². The van der Waals surface area contributed by atoms with Crippen LogP contribution >= 0.6 is 22.9 Å². The SMILES string of the molecule is Clc1ncnc2nc(-c3cccs3)[nH]c12. The number of halogens is 1. The first-order valence-corrected chi connectivity index (χ1v) is 5.50. The van der Waals surface area contributed by atoms with Gasteiger partial charge >= 0.3 is 0 Å². The van der Waals surface area contributed by atoms with Gasteiger partial charge in [0.1, 0.15) is 11.8 Å². The molecule has 15 heavy (non-hydrogen) atoms. The van der Waals surface area contributed by atoms with Crippen LogP contribution in [0, 0.1) is 0 Å². The van der Waals surface area contributed by atoms with Gasteiger partial charge in [-0.3, -0.25) is 0 Å². The number of H-pyrrole nitrogens is 1. The lowest BCUT2D eigenvalue weighted by Gasteiger charge is -1.88. The number of imidazole rings is 1. The van der Waals surface area contributed by atoms with E-state index >= 15 is 0 Å². The lowest BCUT2D eigenvalue weighted by molar-refractivity contribution is 1.20. The Morgan fingerprint density at radius 3 is 3.00 bits per heavy atom. The van der Waals surface area contributed by atoms with Crippen LogP contribution in [0.25, 0.3) is 21.9 Å². The summed E-state index contributed by atoms with van der Waals surface area (Å²) < 4.78 is 0. The third-order valence-corrected chi connectivity index (χ3v) is 3.16. The second-order valence-electron chi connectivity index (χ2n) is 2.93. The van der Waals surface area contributed by atoms with Gasteiger partial charge in [-0.2, -0.15) is 0 Å². The van der Waals surface area contributed by atoms with Crippen molar-refractivity contribution in [1.82, 2.24) is 19.9 Å². The topological polar surface area (TPSA) is 54.5 Å². The van der Waals surface area contributed by atoms with Crippen molar-refractivity contribution in [1.29, 1.82) is 0 Å². The quantitative estimate of drug-likeness (QED) is 0.661. The van der Waals surface area contributed by atoms with Gasteiger partial charge in [-0.1, -0.05) is 17.7 Å². The van der Waals surface area contributed by atoms with Gasteiger partial charge in [0.15, 0.2) is 16.6 Å². The Morgan fingerprint density at radius 2 is 2.27 bits per heavy atom. The zero-order valence-electron chi connectivity index (χ0n) is 7.44. The highest BCUT2D eigenvalue weighted by Gasteiger charge is 2.09. The number of hydrogen-bond donors (Lipinski definition) is 1. The van der Waals surface area contributed by atoms with Gasteiger partial charge in [0.05, 0.1) is 4.88 Å². The second-order valence-corrected chi connectivity index (χ2v) is 4.23. The van der Waals surface area contributed by atoms with Crippen LogP contribution in [0.2, 0.25) is 5.15 Å². The van der Waals surface area contributed by atoms with Crippen molar-refractivity contribution < 1.29 is 0 Å². The molecule has 0 atom stereocenters. The Balaban J connectivity index is 2.27. The summed E-state index contributed by atoms with van der Waals surface area (Å²) in [6, 6.07) is 3.96. The molecule has 3 aromatic heterocycles. The van der Waals surface area contributed by atoms with Crippen molar-refractivity contribution in [2.45, 2.75) is 0 Å². The molecule has 0 aliphatic heterocycles. The smallest absolute Gasteiger partial charge is 0.182 e. The maximum atomic E-state index is 5.91. The average molecular weight is 237 g/mol. The van der Waals surface area contributed by atoms with Crippen molar-refractivity contribution >= 4 is 34.1 Å². The van der Waals surface area contributed by atoms with Gasteiger partial charge in [-0.25, -0.2) is 15.0 Å². The molecule has 0 saturated carbocycles. The maximum absolute atomic E-state index is 5.91. The van der Waals surface area contributed by atoms with Gasteiger partial charge in [-0.05, 0) is 11.4 Å². The molecule has 0 radical (unpaired) electrons. The van der Waals surface area contributed by atoms with E-state index < -0.39 is 0 Å². The predicted octanol–water partition coefficient (Wildman–Crippen LogP) is 2.73. The number of nitrogens with one attached hydrogen (secondary N) is 1. The van der Waals surface area contributed by atoms with Gasteiger partial charge in [0.2, 0.25) is 0 Å². The molecule has 0 spiro atoms. The summed E-state index contributed by atoms with van der Waals surface area (Å²) in [4.78, 5) is 16.4. The summed E-state index contributed by atoms with van der Waals surface area (Å²) in [7, 11) is 0. The molecule has 3 heterocycles. The molecule has 3 rings (SSSR count). The van der Waals surface area contributed by atoms with Gasteiger partial charge in [0, 0.05) is 0 Å². The standard InChI is InChI=1S/C9H5ClN4S/c10-7-6-9(12-4-11-7)14-8(13-6)5-2-1-3-15-5/h1-4H,(H,11,12,13,14). The molecule has 0 aromatic carbocycles. The van der Waals surface area contributed by atoms with E-state index in [0.717, 1.165) is 10.7 Å². The fraction of sp³-hybridized carbons (Fsp3) is 0. The number of aromatic nitrogens is 4. The molecular formula is C9H5ClN4S. The predicted molar refractivity (Wildman–Crippen MR) is 60.0 cm³/mol. The minimum Gasteiger partial charge on any atom is -0.333 e. The van der Waals surface area contributed by atoms with Crippen LogP contribution in [0.15, 0.2) is 23.8 Å². The van der Waals surface area contributed by atoms with Crippen LogP contribution < -0.4 is 0 Å². The summed E-state index contributed by atoms with van der Waals surface area (Å²) in [6.07, 6.45) is 1.41. The molecular weight excluding hydrogens is 232 g/mol. The normalized spacial score (nSPS) is 11.0. The Hall–Kier alpha value is -1.46. The molecule has 6 heteroatoms. The highest BCUT2D eigenvalue weighted by molar-refractivity contribution is 7.13. The van der Waals surface area contributed by atoms with Gasteiger partial charge < -0.3 is 4.98 Å². The minimum atomic E-state index is 0.398. The van der Waals surface area contributed by atoms with Gasteiger partial charge in [-0.15, -0.1) is 11.3 Å². The van der Waals surface area contributed by atoms with Crippen molar-refractivity contribution in [3.63, 3.8) is 0 Å². The van der Waals surface area contributed by atoms with Gasteiger partial charge in [0.25, 0.3) is 0 Å². The lowest BCUT2D eigenvalue weighted by Crippen LogP contribution is -1.80. The van der Waals surface area contributed by atoms with E-state index in [2.05, 4.69) is 19.9 Å². The van der Waals surface area contributed by atoms with Crippen LogP contribution in [0.3, 0.4) is 0 Å². The van der Waals surface area contributed by atoms with Crippen LogP contribution in [-0.4, -0.2) is 19.9 Å². The van der Waals surface area contributed by atoms with E-state index in [1.54, 1.807) is 11.3 Å². The van der Waals surface area contributed by atoms with Crippen LogP contribution in [0.1, 0.15) is 0 Å². The summed E-state index contributed by atoms with van der Waals surface area (Å²) >= 11 is 7.52. The number of aromatic amines is 1. The van der Waals surface area contributed by atoms with Crippen LogP contribution in [-0.2, 0) is 0 Å². The lowest BCUT2D eigenvalue weighted by atomic mass is 10.4. The first-order valence-electron chi connectivity index (χ1n) is 4.24. The summed E-state index contributed by atoms with van der Waals surface area (Å²) in [6.45, 7) is 0. The third-order valence-electron chi connectivity index (χ3n) is 2.00. The fourth-order valence-electron chi connectivity index (χ4n) is 1.33. The number of fused-ring (bicyclic) bond motifs is 1. The second kappa shape index (κ2) is 3.29. The maximum Gasteiger partial charge on any atom is 0.182 e. The molecule has 0 bridgehead atoms. The monoisotopic (exact) mass is 236 g/mol. The third kappa shape index (κ3) is 1.40. The number of thiophene rings is 1.